The van der Waals surface area contributed by atoms with E-state index in [1.165, 1.54) is 19.4 Å². The van der Waals surface area contributed by atoms with Gasteiger partial charge in [0.15, 0.2) is 0 Å². The number of hydrogen-bond acceptors (Lipinski definition) is 4. The van der Waals surface area contributed by atoms with Gasteiger partial charge in [0.2, 0.25) is 0 Å². The molecular formula is C18H19F3N2O2. The molecule has 0 saturated heterocycles. The Bertz CT molecular complexity index is 781. The monoisotopic (exact) mass is 352 g/mol. The molecule has 7 heteroatoms. The van der Waals surface area contributed by atoms with Crippen LogP contribution in [0.5, 0.6) is 0 Å². The van der Waals surface area contributed by atoms with Gasteiger partial charge in [-0.1, -0.05) is 18.0 Å². The van der Waals surface area contributed by atoms with Crippen LogP contribution in [0.4, 0.5) is 13.2 Å². The fraction of sp³-hybridized carbons (Fsp3) is 0.556. The molecule has 25 heavy (non-hydrogen) atoms. The Hall–Kier alpha value is -1.89. The van der Waals surface area contributed by atoms with Crippen LogP contribution < -0.4 is 0 Å². The van der Waals surface area contributed by atoms with Crippen molar-refractivity contribution >= 4 is 0 Å². The molecule has 2 heterocycles. The van der Waals surface area contributed by atoms with Crippen LogP contribution in [0.2, 0.25) is 0 Å². The van der Waals surface area contributed by atoms with Crippen molar-refractivity contribution < 1.29 is 22.4 Å². The van der Waals surface area contributed by atoms with Crippen LogP contribution in [0.3, 0.4) is 0 Å². The molecule has 2 aromatic heterocycles. The van der Waals surface area contributed by atoms with Gasteiger partial charge in [0, 0.05) is 30.7 Å². The van der Waals surface area contributed by atoms with Crippen molar-refractivity contribution in [2.24, 2.45) is 0 Å². The third-order valence-corrected chi connectivity index (χ3v) is 5.72. The molecule has 0 N–H and O–H groups in total. The average Bonchev–Trinajstić information content (AvgIpc) is 3.24. The fourth-order valence-corrected chi connectivity index (χ4v) is 4.68. The van der Waals surface area contributed by atoms with E-state index in [9.17, 15) is 13.2 Å². The molecule has 1 saturated carbocycles. The predicted octanol–water partition coefficient (Wildman–Crippen LogP) is 4.39. The molecule has 0 amide bonds. The first-order valence-corrected chi connectivity index (χ1v) is 8.42. The summed E-state index contributed by atoms with van der Waals surface area (Å²) in [6.45, 7) is 0. The van der Waals surface area contributed by atoms with E-state index in [4.69, 9.17) is 9.26 Å². The van der Waals surface area contributed by atoms with Crippen molar-refractivity contribution in [2.45, 2.75) is 55.7 Å². The van der Waals surface area contributed by atoms with Gasteiger partial charge >= 0.3 is 6.18 Å². The third-order valence-electron chi connectivity index (χ3n) is 5.72. The van der Waals surface area contributed by atoms with E-state index in [1.54, 1.807) is 6.20 Å². The summed E-state index contributed by atoms with van der Waals surface area (Å²) in [4.78, 5) is 4.13. The number of halogens is 3. The van der Waals surface area contributed by atoms with Crippen molar-refractivity contribution in [3.05, 3.63) is 47.1 Å². The van der Waals surface area contributed by atoms with E-state index in [0.717, 1.165) is 43.1 Å². The maximum absolute atomic E-state index is 13.6. The highest BCUT2D eigenvalue weighted by atomic mass is 19.4. The van der Waals surface area contributed by atoms with Crippen LogP contribution in [0.25, 0.3) is 0 Å². The summed E-state index contributed by atoms with van der Waals surface area (Å²) in [7, 11) is 1.47. The van der Waals surface area contributed by atoms with Crippen molar-refractivity contribution in [2.75, 3.05) is 7.11 Å². The summed E-state index contributed by atoms with van der Waals surface area (Å²) in [5.41, 5.74) is -1.39. The Balaban J connectivity index is 1.89. The summed E-state index contributed by atoms with van der Waals surface area (Å²) in [5.74, 6) is 0.821. The summed E-state index contributed by atoms with van der Waals surface area (Å²) < 4.78 is 52.1. The molecule has 1 atom stereocenters. The van der Waals surface area contributed by atoms with Crippen molar-refractivity contribution in [3.63, 3.8) is 0 Å². The molecule has 1 spiro atoms. The molecule has 0 aliphatic heterocycles. The quantitative estimate of drug-likeness (QED) is 0.804. The lowest BCUT2D eigenvalue weighted by molar-refractivity contribution is -0.143. The van der Waals surface area contributed by atoms with Gasteiger partial charge in [-0.15, -0.1) is 0 Å². The SMILES string of the molecule is COC1(c2ncccc2C(F)(F)F)Cc2cnoc2C2(CCCC2)C1. The van der Waals surface area contributed by atoms with E-state index < -0.39 is 17.3 Å². The number of fused-ring (bicyclic) bond motifs is 2. The van der Waals surface area contributed by atoms with Crippen molar-refractivity contribution in [1.82, 2.24) is 10.1 Å². The van der Waals surface area contributed by atoms with E-state index in [1.807, 2.05) is 0 Å². The molecule has 2 aliphatic rings. The smallest absolute Gasteiger partial charge is 0.372 e. The van der Waals surface area contributed by atoms with Gasteiger partial charge in [-0.25, -0.2) is 0 Å². The summed E-state index contributed by atoms with van der Waals surface area (Å²) >= 11 is 0. The van der Waals surface area contributed by atoms with Gasteiger partial charge in [-0.2, -0.15) is 13.2 Å². The maximum Gasteiger partial charge on any atom is 0.418 e. The molecule has 0 bridgehead atoms. The first kappa shape index (κ1) is 16.6. The van der Waals surface area contributed by atoms with Gasteiger partial charge in [0.1, 0.15) is 11.4 Å². The Labute approximate surface area is 143 Å². The molecule has 1 unspecified atom stereocenters. The topological polar surface area (TPSA) is 48.2 Å². The van der Waals surface area contributed by atoms with E-state index in [0.29, 0.717) is 6.42 Å². The first-order valence-electron chi connectivity index (χ1n) is 8.42. The minimum Gasteiger partial charge on any atom is -0.372 e. The zero-order valence-electron chi connectivity index (χ0n) is 13.9. The minimum atomic E-state index is -4.48. The minimum absolute atomic E-state index is 0.0388. The number of nitrogens with zero attached hydrogens (tertiary/aromatic N) is 2. The lowest BCUT2D eigenvalue weighted by atomic mass is 9.65. The maximum atomic E-state index is 13.6. The van der Waals surface area contributed by atoms with Crippen molar-refractivity contribution in [1.29, 1.82) is 0 Å². The van der Waals surface area contributed by atoms with Crippen LogP contribution in [0.15, 0.2) is 29.0 Å². The van der Waals surface area contributed by atoms with Gasteiger partial charge in [0.05, 0.1) is 17.5 Å². The van der Waals surface area contributed by atoms with Gasteiger partial charge in [-0.3, -0.25) is 4.98 Å². The third kappa shape index (κ3) is 2.47. The number of aromatic nitrogens is 2. The molecule has 1 fully saturated rings. The Kier molecular flexibility index (Phi) is 3.68. The standard InChI is InChI=1S/C18H19F3N2O2/c1-24-17(14-13(18(19,20)21)5-4-8-22-14)9-12-10-23-25-15(12)16(11-17)6-2-3-7-16/h4-5,8,10H,2-3,6-7,9,11H2,1H3. The van der Waals surface area contributed by atoms with Crippen molar-refractivity contribution in [3.8, 4) is 0 Å². The first-order chi connectivity index (χ1) is 11.9. The Morgan fingerprint density at radius 1 is 1.24 bits per heavy atom. The molecule has 2 aromatic rings. The van der Waals surface area contributed by atoms with Crippen LogP contribution in [-0.2, 0) is 28.4 Å². The molecule has 4 nitrogen and oxygen atoms in total. The van der Waals surface area contributed by atoms with Crippen LogP contribution >= 0.6 is 0 Å². The molecular weight excluding hydrogens is 333 g/mol. The highest BCUT2D eigenvalue weighted by Gasteiger charge is 2.55. The summed E-state index contributed by atoms with van der Waals surface area (Å²) in [6.07, 6.45) is 3.02. The zero-order valence-corrected chi connectivity index (χ0v) is 13.9. The average molecular weight is 352 g/mol. The molecule has 134 valence electrons. The highest BCUT2D eigenvalue weighted by molar-refractivity contribution is 5.38. The number of rotatable bonds is 2. The van der Waals surface area contributed by atoms with Gasteiger partial charge < -0.3 is 9.26 Å². The van der Waals surface area contributed by atoms with Gasteiger partial charge in [-0.05, 0) is 31.4 Å². The largest absolute Gasteiger partial charge is 0.418 e. The number of hydrogen-bond donors (Lipinski definition) is 0. The van der Waals surface area contributed by atoms with E-state index in [-0.39, 0.29) is 17.5 Å². The molecule has 0 radical (unpaired) electrons. The normalized spacial score (nSPS) is 25.3. The van der Waals surface area contributed by atoms with E-state index >= 15 is 0 Å². The molecule has 2 aliphatic carbocycles. The molecule has 0 aromatic carbocycles. The highest BCUT2D eigenvalue weighted by Crippen LogP contribution is 2.56. The van der Waals surface area contributed by atoms with Gasteiger partial charge in [0.25, 0.3) is 0 Å². The second kappa shape index (κ2) is 5.56. The predicted molar refractivity (Wildman–Crippen MR) is 82.9 cm³/mol. The van der Waals surface area contributed by atoms with E-state index in [2.05, 4.69) is 10.1 Å². The fourth-order valence-electron chi connectivity index (χ4n) is 4.68. The second-order valence-corrected chi connectivity index (χ2v) is 7.12. The second-order valence-electron chi connectivity index (χ2n) is 7.12. The number of ether oxygens (including phenoxy) is 1. The van der Waals surface area contributed by atoms with Crippen LogP contribution in [0.1, 0.15) is 54.7 Å². The Morgan fingerprint density at radius 3 is 2.68 bits per heavy atom. The summed E-state index contributed by atoms with van der Waals surface area (Å²) in [6, 6.07) is 2.39. The number of methoxy groups -OCH3 is 1. The lowest BCUT2D eigenvalue weighted by Crippen LogP contribution is -2.45. The zero-order chi connectivity index (χ0) is 17.7. The number of alkyl halides is 3. The number of pyridine rings is 1. The summed E-state index contributed by atoms with van der Waals surface area (Å²) in [5, 5.41) is 3.91. The molecule has 4 rings (SSSR count). The van der Waals surface area contributed by atoms with Crippen LogP contribution in [-0.4, -0.2) is 17.3 Å². The van der Waals surface area contributed by atoms with Crippen LogP contribution in [0, 0.1) is 0 Å². The lowest BCUT2D eigenvalue weighted by Gasteiger charge is -2.44. The Morgan fingerprint density at radius 2 is 2.00 bits per heavy atom.